The third kappa shape index (κ3) is 14.0. The number of cyclic esters (lactones) is 2. The van der Waals surface area contributed by atoms with Gasteiger partial charge in [0.05, 0.1) is 53.8 Å². The molecule has 1 aromatic heterocycles. The monoisotopic (exact) mass is 1070 g/mol. The predicted molar refractivity (Wildman–Crippen MR) is 272 cm³/mol. The van der Waals surface area contributed by atoms with Crippen molar-refractivity contribution in [3.8, 4) is 0 Å². The van der Waals surface area contributed by atoms with Gasteiger partial charge in [0.25, 0.3) is 0 Å². The average molecular weight is 1070 g/mol. The van der Waals surface area contributed by atoms with Crippen LogP contribution >= 0.6 is 0 Å². The van der Waals surface area contributed by atoms with Crippen molar-refractivity contribution in [2.75, 3.05) is 66.1 Å². The summed E-state index contributed by atoms with van der Waals surface area (Å²) in [7, 11) is 6.67. The molecule has 1 aromatic carbocycles. The number of methoxy groups -OCH3 is 2. The zero-order chi connectivity index (χ0) is 55.3. The van der Waals surface area contributed by atoms with Crippen molar-refractivity contribution >= 4 is 17.7 Å². The Morgan fingerprint density at radius 2 is 1.65 bits per heavy atom. The molecule has 2 aromatic rings. The lowest BCUT2D eigenvalue weighted by molar-refractivity contribution is -0.308. The van der Waals surface area contributed by atoms with E-state index in [1.54, 1.807) is 72.0 Å². The predicted octanol–water partition coefficient (Wildman–Crippen LogP) is 3.71. The van der Waals surface area contributed by atoms with Crippen molar-refractivity contribution in [2.45, 2.75) is 203 Å². The smallest absolute Gasteiger partial charge is 0.414 e. The van der Waals surface area contributed by atoms with Crippen LogP contribution in [0.15, 0.2) is 30.5 Å². The van der Waals surface area contributed by atoms with E-state index in [2.05, 4.69) is 10.3 Å². The van der Waals surface area contributed by atoms with Crippen molar-refractivity contribution in [3.05, 3.63) is 41.7 Å². The van der Waals surface area contributed by atoms with Crippen LogP contribution in [0.1, 0.15) is 118 Å². The van der Waals surface area contributed by atoms with E-state index in [0.717, 1.165) is 0 Å². The van der Waals surface area contributed by atoms with E-state index in [1.165, 1.54) is 30.7 Å². The Hall–Kier alpha value is -3.49. The van der Waals surface area contributed by atoms with Crippen LogP contribution in [-0.2, 0) is 49.1 Å². The number of likely N-dealkylation sites (N-methyl/N-ethyl adjacent to an activating group) is 2. The van der Waals surface area contributed by atoms with Crippen LogP contribution in [0.3, 0.4) is 0 Å². The van der Waals surface area contributed by atoms with Crippen molar-refractivity contribution in [2.24, 2.45) is 11.8 Å². The van der Waals surface area contributed by atoms with E-state index < -0.39 is 127 Å². The van der Waals surface area contributed by atoms with Crippen molar-refractivity contribution in [1.29, 1.82) is 0 Å². The Morgan fingerprint density at radius 1 is 0.960 bits per heavy atom. The van der Waals surface area contributed by atoms with Gasteiger partial charge in [-0.05, 0) is 105 Å². The van der Waals surface area contributed by atoms with Gasteiger partial charge >= 0.3 is 12.1 Å². The summed E-state index contributed by atoms with van der Waals surface area (Å²) in [6.07, 6.45) is -8.63. The Morgan fingerprint density at radius 3 is 2.27 bits per heavy atom. The number of carbonyl (C=O) groups excluding carboxylic acids is 2. The number of aliphatic hydroxyl groups excluding tert-OH is 3. The lowest BCUT2D eigenvalue weighted by Crippen LogP contribution is -2.59. The number of ether oxygens (including phenoxy) is 8. The SMILES string of the molecule is CC[C@H]1OC(=O)[C@H](C)[C@@H](O[C@H]2C[C@@](C)(OC)[C@@H](O)[C@H](C)O2)C[C@@H](O[C@@H]2O[C@H](C)C[C@H](N(C)CCc3cn([C@H](CF)[C@H](OC)c4ccc(N5CCOC5=O)cc4)nn3)[C@H]2O)[C@](C)(O)C[C@@H](C)CN(C)[C@H](C)[C@@H](O)[C@]1(C)O. The van der Waals surface area contributed by atoms with Gasteiger partial charge in [-0.15, -0.1) is 5.10 Å². The Balaban J connectivity index is 1.23. The standard InChI is InChI=1S/C53H87FN6O15/c1-14-41-53(9,67)46(62)33(5)58(11)28-30(2)25-51(7,66)42(24-40(32(4)48(64)74-41)73-43-26-52(8,69-13)47(63)34(6)72-43)75-49-44(61)38(23-31(3)71-49)57(10)20-19-36-29-60(56-55-36)39(27-54)45(68-12)35-15-17-37(18-16-35)59-21-22-70-50(59)65/h15-18,29-34,38-47,49,61-63,66-67H,14,19-28H2,1-13H3/t30-,31-,32-,33-,34+,38+,39-,40+,41-,42-,43+,44-,45-,46-,47+,49+,51-,52-,53-/m1/s1. The normalized spacial score (nSPS) is 38.9. The fourth-order valence-corrected chi connectivity index (χ4v) is 11.4. The van der Waals surface area contributed by atoms with Gasteiger partial charge in [0, 0.05) is 70.5 Å². The van der Waals surface area contributed by atoms with Crippen LogP contribution in [0, 0.1) is 11.8 Å². The van der Waals surface area contributed by atoms with Crippen molar-refractivity contribution in [1.82, 2.24) is 24.8 Å². The molecule has 4 aliphatic rings. The van der Waals surface area contributed by atoms with Gasteiger partial charge in [0.2, 0.25) is 0 Å². The van der Waals surface area contributed by atoms with Gasteiger partial charge in [-0.25, -0.2) is 13.9 Å². The maximum Gasteiger partial charge on any atom is 0.414 e. The second-order valence-electron chi connectivity index (χ2n) is 22.4. The van der Waals surface area contributed by atoms with E-state index in [9.17, 15) is 39.5 Å². The molecular formula is C53H87FN6O15. The highest BCUT2D eigenvalue weighted by atomic mass is 19.1. The van der Waals surface area contributed by atoms with Crippen LogP contribution in [0.5, 0.6) is 0 Å². The molecule has 5 heterocycles. The van der Waals surface area contributed by atoms with E-state index in [4.69, 9.17) is 37.9 Å². The number of amides is 1. The molecule has 0 aliphatic carbocycles. The minimum absolute atomic E-state index is 0.0837. The highest BCUT2D eigenvalue weighted by Gasteiger charge is 2.51. The summed E-state index contributed by atoms with van der Waals surface area (Å²) in [6.45, 7) is 16.3. The van der Waals surface area contributed by atoms with E-state index >= 15 is 0 Å². The first-order valence-corrected chi connectivity index (χ1v) is 26.6. The van der Waals surface area contributed by atoms with Crippen LogP contribution in [0.4, 0.5) is 14.9 Å². The second kappa shape index (κ2) is 25.5. The van der Waals surface area contributed by atoms with Gasteiger partial charge in [0.15, 0.2) is 12.6 Å². The molecule has 75 heavy (non-hydrogen) atoms. The minimum atomic E-state index is -1.85. The number of benzene rings is 1. The molecule has 0 radical (unpaired) electrons. The summed E-state index contributed by atoms with van der Waals surface area (Å²) < 4.78 is 65.1. The van der Waals surface area contributed by atoms with E-state index in [-0.39, 0.29) is 31.6 Å². The zero-order valence-electron chi connectivity index (χ0n) is 46.3. The summed E-state index contributed by atoms with van der Waals surface area (Å²) in [6, 6.07) is 5.17. The summed E-state index contributed by atoms with van der Waals surface area (Å²) in [4.78, 5) is 31.9. The van der Waals surface area contributed by atoms with Crippen molar-refractivity contribution in [3.63, 3.8) is 0 Å². The number of hydrogen-bond donors (Lipinski definition) is 5. The Bertz CT molecular complexity index is 2140. The molecule has 4 fully saturated rings. The fraction of sp³-hybridized carbons (Fsp3) is 0.811. The third-order valence-electron chi connectivity index (χ3n) is 16.4. The molecule has 22 heteroatoms. The van der Waals surface area contributed by atoms with Crippen LogP contribution in [0.25, 0.3) is 0 Å². The molecule has 4 aliphatic heterocycles. The number of rotatable bonds is 16. The molecule has 1 amide bonds. The summed E-state index contributed by atoms with van der Waals surface area (Å²) in [5, 5.41) is 68.1. The third-order valence-corrected chi connectivity index (χ3v) is 16.4. The molecular weight excluding hydrogens is 980 g/mol. The quantitative estimate of drug-likeness (QED) is 0.150. The van der Waals surface area contributed by atoms with Crippen molar-refractivity contribution < 1.29 is 77.4 Å². The lowest BCUT2D eigenvalue weighted by atomic mass is 9.83. The number of carbonyl (C=O) groups is 2. The number of hydrogen-bond acceptors (Lipinski definition) is 19. The van der Waals surface area contributed by atoms with Crippen LogP contribution in [0.2, 0.25) is 0 Å². The topological polar surface area (TPSA) is 250 Å². The molecule has 426 valence electrons. The summed E-state index contributed by atoms with van der Waals surface area (Å²) in [5.74, 6) is -2.02. The first kappa shape index (κ1) is 60.7. The first-order valence-electron chi connectivity index (χ1n) is 26.6. The number of halogens is 1. The lowest BCUT2D eigenvalue weighted by Gasteiger charge is -2.47. The molecule has 0 bridgehead atoms. The number of anilines is 1. The van der Waals surface area contributed by atoms with E-state index in [0.29, 0.717) is 56.0 Å². The van der Waals surface area contributed by atoms with Gasteiger partial charge in [-0.2, -0.15) is 0 Å². The molecule has 5 N–H and O–H groups in total. The fourth-order valence-electron chi connectivity index (χ4n) is 11.4. The largest absolute Gasteiger partial charge is 0.459 e. The number of aromatic nitrogens is 3. The summed E-state index contributed by atoms with van der Waals surface area (Å²) in [5.41, 5.74) is -2.64. The maximum atomic E-state index is 14.9. The van der Waals surface area contributed by atoms with Gasteiger partial charge in [-0.3, -0.25) is 9.69 Å². The summed E-state index contributed by atoms with van der Waals surface area (Å²) >= 11 is 0. The van der Waals surface area contributed by atoms with E-state index in [1.807, 2.05) is 37.7 Å². The van der Waals surface area contributed by atoms with Crippen LogP contribution in [-0.4, -0.2) is 214 Å². The first-order chi connectivity index (χ1) is 35.3. The molecule has 19 atom stereocenters. The molecule has 21 nitrogen and oxygen atoms in total. The average Bonchev–Trinajstić information content (AvgIpc) is 4.03. The molecule has 6 rings (SSSR count). The molecule has 0 spiro atoms. The molecule has 0 unspecified atom stereocenters. The van der Waals surface area contributed by atoms with Gasteiger partial charge in [-0.1, -0.05) is 31.2 Å². The van der Waals surface area contributed by atoms with Gasteiger partial charge < -0.3 is 73.2 Å². The maximum absolute atomic E-state index is 14.9. The second-order valence-corrected chi connectivity index (χ2v) is 22.4. The number of nitrogens with zero attached hydrogens (tertiary/aromatic N) is 6. The number of esters is 1. The highest BCUT2D eigenvalue weighted by molar-refractivity contribution is 5.89. The van der Waals surface area contributed by atoms with Gasteiger partial charge in [0.1, 0.15) is 55.4 Å². The minimum Gasteiger partial charge on any atom is -0.459 e. The number of aliphatic hydroxyl groups is 5. The Labute approximate surface area is 441 Å². The van der Waals surface area contributed by atoms with Crippen LogP contribution < -0.4 is 4.90 Å². The molecule has 0 saturated carbocycles. The highest BCUT2D eigenvalue weighted by Crippen LogP contribution is 2.39. The number of alkyl halides is 1. The molecule has 4 saturated heterocycles. The zero-order valence-corrected chi connectivity index (χ0v) is 46.3. The Kier molecular flexibility index (Phi) is 20.7.